The summed E-state index contributed by atoms with van der Waals surface area (Å²) in [6.07, 6.45) is 3.14. The van der Waals surface area contributed by atoms with Gasteiger partial charge >= 0.3 is 5.97 Å². The molecule has 5 nitrogen and oxygen atoms in total. The van der Waals surface area contributed by atoms with Crippen LogP contribution in [0.1, 0.15) is 6.92 Å². The SMILES string of the molecule is CC(=O)On1c2ccccc2c2cncnc21. The normalized spacial score (nSPS) is 10.9. The van der Waals surface area contributed by atoms with E-state index in [0.29, 0.717) is 5.65 Å². The number of hydrogen-bond donors (Lipinski definition) is 0. The van der Waals surface area contributed by atoms with Gasteiger partial charge < -0.3 is 4.84 Å². The van der Waals surface area contributed by atoms with Crippen molar-refractivity contribution in [1.82, 2.24) is 14.7 Å². The first-order valence-electron chi connectivity index (χ1n) is 5.15. The molecular weight excluding hydrogens is 218 g/mol. The Bertz CT molecular complexity index is 665. The minimum atomic E-state index is -0.383. The van der Waals surface area contributed by atoms with Crippen LogP contribution in [0.5, 0.6) is 0 Å². The number of aromatic nitrogens is 3. The van der Waals surface area contributed by atoms with E-state index in [0.717, 1.165) is 16.3 Å². The molecule has 2 aromatic heterocycles. The Morgan fingerprint density at radius 2 is 2.12 bits per heavy atom. The molecule has 5 heteroatoms. The van der Waals surface area contributed by atoms with Crippen LogP contribution in [0, 0.1) is 0 Å². The average molecular weight is 227 g/mol. The van der Waals surface area contributed by atoms with Crippen LogP contribution < -0.4 is 4.84 Å². The van der Waals surface area contributed by atoms with Crippen molar-refractivity contribution in [3.05, 3.63) is 36.8 Å². The highest BCUT2D eigenvalue weighted by Gasteiger charge is 2.13. The molecule has 0 radical (unpaired) electrons. The number of benzene rings is 1. The minimum Gasteiger partial charge on any atom is -0.335 e. The largest absolute Gasteiger partial charge is 0.335 e. The van der Waals surface area contributed by atoms with Gasteiger partial charge in [-0.25, -0.2) is 14.8 Å². The van der Waals surface area contributed by atoms with Crippen molar-refractivity contribution >= 4 is 27.9 Å². The van der Waals surface area contributed by atoms with Gasteiger partial charge in [0.15, 0.2) is 5.65 Å². The maximum absolute atomic E-state index is 11.1. The van der Waals surface area contributed by atoms with Crippen LogP contribution in [-0.4, -0.2) is 20.7 Å². The molecule has 0 atom stereocenters. The van der Waals surface area contributed by atoms with Gasteiger partial charge in [0.1, 0.15) is 6.33 Å². The second-order valence-electron chi connectivity index (χ2n) is 3.65. The molecule has 2 heterocycles. The number of fused-ring (bicyclic) bond motifs is 3. The molecule has 0 amide bonds. The molecule has 84 valence electrons. The van der Waals surface area contributed by atoms with E-state index in [1.54, 1.807) is 6.20 Å². The second kappa shape index (κ2) is 3.55. The van der Waals surface area contributed by atoms with Gasteiger partial charge in [-0.3, -0.25) is 0 Å². The summed E-state index contributed by atoms with van der Waals surface area (Å²) in [5, 5.41) is 1.83. The number of para-hydroxylation sites is 1. The summed E-state index contributed by atoms with van der Waals surface area (Å²) in [7, 11) is 0. The quantitative estimate of drug-likeness (QED) is 0.633. The van der Waals surface area contributed by atoms with E-state index >= 15 is 0 Å². The number of rotatable bonds is 1. The first-order valence-corrected chi connectivity index (χ1v) is 5.15. The van der Waals surface area contributed by atoms with Crippen molar-refractivity contribution in [2.24, 2.45) is 0 Å². The summed E-state index contributed by atoms with van der Waals surface area (Å²) in [6, 6.07) is 7.63. The van der Waals surface area contributed by atoms with E-state index in [9.17, 15) is 4.79 Å². The summed E-state index contributed by atoms with van der Waals surface area (Å²) in [5.41, 5.74) is 1.40. The predicted octanol–water partition coefficient (Wildman–Crippen LogP) is 1.56. The molecule has 0 aliphatic rings. The van der Waals surface area contributed by atoms with Crippen LogP contribution in [0.2, 0.25) is 0 Å². The van der Waals surface area contributed by atoms with Crippen LogP contribution >= 0.6 is 0 Å². The number of nitrogens with zero attached hydrogens (tertiary/aromatic N) is 3. The molecule has 3 aromatic rings. The standard InChI is InChI=1S/C12H9N3O2/c1-8(16)17-15-11-5-3-2-4-9(11)10-6-13-7-14-12(10)15/h2-7H,1H3. The monoisotopic (exact) mass is 227 g/mol. The van der Waals surface area contributed by atoms with Crippen LogP contribution in [0.15, 0.2) is 36.8 Å². The smallest absolute Gasteiger partial charge is 0.329 e. The van der Waals surface area contributed by atoms with Crippen LogP contribution in [0.25, 0.3) is 21.9 Å². The number of carbonyl (C=O) groups is 1. The first kappa shape index (κ1) is 9.77. The van der Waals surface area contributed by atoms with Crippen molar-refractivity contribution in [3.63, 3.8) is 0 Å². The summed E-state index contributed by atoms with van der Waals surface area (Å²) in [6.45, 7) is 1.36. The van der Waals surface area contributed by atoms with Gasteiger partial charge in [-0.2, -0.15) is 4.73 Å². The third-order valence-corrected chi connectivity index (χ3v) is 2.52. The maximum Gasteiger partial charge on any atom is 0.329 e. The summed E-state index contributed by atoms with van der Waals surface area (Å²) >= 11 is 0. The third-order valence-electron chi connectivity index (χ3n) is 2.52. The maximum atomic E-state index is 11.1. The molecule has 17 heavy (non-hydrogen) atoms. The van der Waals surface area contributed by atoms with E-state index in [2.05, 4.69) is 9.97 Å². The van der Waals surface area contributed by atoms with Crippen LogP contribution in [0.3, 0.4) is 0 Å². The molecule has 0 fully saturated rings. The van der Waals surface area contributed by atoms with Gasteiger partial charge in [-0.05, 0) is 6.07 Å². The highest BCUT2D eigenvalue weighted by atomic mass is 16.7. The Kier molecular flexibility index (Phi) is 2.04. The Morgan fingerprint density at radius 1 is 1.29 bits per heavy atom. The summed E-state index contributed by atoms with van der Waals surface area (Å²) in [4.78, 5) is 24.4. The molecule has 3 rings (SSSR count). The van der Waals surface area contributed by atoms with Crippen molar-refractivity contribution in [2.75, 3.05) is 0 Å². The summed E-state index contributed by atoms with van der Waals surface area (Å²) < 4.78 is 1.44. The van der Waals surface area contributed by atoms with E-state index in [1.807, 2.05) is 24.3 Å². The van der Waals surface area contributed by atoms with Crippen LogP contribution in [0.4, 0.5) is 0 Å². The lowest BCUT2D eigenvalue weighted by Gasteiger charge is -2.03. The molecule has 0 N–H and O–H groups in total. The van der Waals surface area contributed by atoms with E-state index < -0.39 is 0 Å². The molecule has 0 saturated heterocycles. The topological polar surface area (TPSA) is 57.0 Å². The van der Waals surface area contributed by atoms with Gasteiger partial charge in [-0.15, -0.1) is 0 Å². The van der Waals surface area contributed by atoms with Gasteiger partial charge in [0, 0.05) is 23.9 Å². The predicted molar refractivity (Wildman–Crippen MR) is 62.3 cm³/mol. The average Bonchev–Trinajstić information content (AvgIpc) is 2.65. The fourth-order valence-electron chi connectivity index (χ4n) is 1.89. The van der Waals surface area contributed by atoms with Crippen molar-refractivity contribution in [1.29, 1.82) is 0 Å². The molecule has 0 bridgehead atoms. The lowest BCUT2D eigenvalue weighted by atomic mass is 10.2. The molecule has 0 aliphatic carbocycles. The number of carbonyl (C=O) groups excluding carboxylic acids is 1. The lowest BCUT2D eigenvalue weighted by Crippen LogP contribution is -2.16. The van der Waals surface area contributed by atoms with Gasteiger partial charge in [0.2, 0.25) is 0 Å². The zero-order valence-electron chi connectivity index (χ0n) is 9.12. The molecule has 1 aromatic carbocycles. The summed E-state index contributed by atoms with van der Waals surface area (Å²) in [5.74, 6) is -0.383. The van der Waals surface area contributed by atoms with E-state index in [4.69, 9.17) is 4.84 Å². The van der Waals surface area contributed by atoms with Crippen LogP contribution in [-0.2, 0) is 4.79 Å². The highest BCUT2D eigenvalue weighted by Crippen LogP contribution is 2.25. The van der Waals surface area contributed by atoms with Gasteiger partial charge in [-0.1, -0.05) is 18.2 Å². The fourth-order valence-corrected chi connectivity index (χ4v) is 1.89. The van der Waals surface area contributed by atoms with Crippen molar-refractivity contribution in [3.8, 4) is 0 Å². The third kappa shape index (κ3) is 1.44. The zero-order chi connectivity index (χ0) is 11.8. The van der Waals surface area contributed by atoms with Crippen molar-refractivity contribution in [2.45, 2.75) is 6.92 Å². The molecule has 0 spiro atoms. The first-order chi connectivity index (χ1) is 8.27. The Labute approximate surface area is 96.6 Å². The zero-order valence-corrected chi connectivity index (χ0v) is 9.12. The Hall–Kier alpha value is -2.43. The lowest BCUT2D eigenvalue weighted by molar-refractivity contribution is -0.140. The highest BCUT2D eigenvalue weighted by molar-refractivity contribution is 6.06. The molecular formula is C12H9N3O2. The van der Waals surface area contributed by atoms with Gasteiger partial charge in [0.25, 0.3) is 0 Å². The van der Waals surface area contributed by atoms with E-state index in [-0.39, 0.29) is 5.97 Å². The fraction of sp³-hybridized carbons (Fsp3) is 0.0833. The van der Waals surface area contributed by atoms with Gasteiger partial charge in [0.05, 0.1) is 5.52 Å². The molecule has 0 saturated carbocycles. The minimum absolute atomic E-state index is 0.383. The molecule has 0 aliphatic heterocycles. The van der Waals surface area contributed by atoms with Crippen molar-refractivity contribution < 1.29 is 9.63 Å². The Balaban J connectivity index is 2.45. The van der Waals surface area contributed by atoms with E-state index in [1.165, 1.54) is 18.0 Å². The number of hydrogen-bond acceptors (Lipinski definition) is 4. The second-order valence-corrected chi connectivity index (χ2v) is 3.65. The molecule has 0 unspecified atom stereocenters. The Morgan fingerprint density at radius 3 is 2.94 bits per heavy atom.